The maximum absolute atomic E-state index is 13.8. The van der Waals surface area contributed by atoms with E-state index in [0.29, 0.717) is 24.5 Å². The van der Waals surface area contributed by atoms with E-state index in [1.807, 2.05) is 6.92 Å². The minimum Gasteiger partial charge on any atom is -0.381 e. The average molecular weight is 568 g/mol. The van der Waals surface area contributed by atoms with E-state index in [2.05, 4.69) is 20.5 Å². The Balaban J connectivity index is 0.00000341. The second kappa shape index (κ2) is 12.9. The van der Waals surface area contributed by atoms with Crippen molar-refractivity contribution in [1.29, 1.82) is 0 Å². The highest BCUT2D eigenvalue weighted by Crippen LogP contribution is 2.18. The van der Waals surface area contributed by atoms with E-state index >= 15 is 0 Å². The van der Waals surface area contributed by atoms with Crippen molar-refractivity contribution in [3.8, 4) is 0 Å². The summed E-state index contributed by atoms with van der Waals surface area (Å²) >= 11 is 0. The number of hydrogen-bond donors (Lipinski definition) is 2. The molecule has 0 spiro atoms. The predicted molar refractivity (Wildman–Crippen MR) is 131 cm³/mol. The molecule has 7 nitrogen and oxygen atoms in total. The zero-order valence-electron chi connectivity index (χ0n) is 18.1. The maximum Gasteiger partial charge on any atom is 0.191 e. The molecule has 2 aliphatic rings. The highest BCUT2D eigenvalue weighted by molar-refractivity contribution is 14.0. The lowest BCUT2D eigenvalue weighted by Crippen LogP contribution is -2.49. The first-order valence-corrected chi connectivity index (χ1v) is 12.5. The number of nitrogens with one attached hydrogen (secondary N) is 2. The number of ether oxygens (including phenoxy) is 1. The number of halogens is 2. The molecule has 10 heteroatoms. The van der Waals surface area contributed by atoms with Crippen LogP contribution in [0.3, 0.4) is 0 Å². The van der Waals surface area contributed by atoms with Crippen molar-refractivity contribution in [2.75, 3.05) is 51.7 Å². The number of hydrogen-bond acceptors (Lipinski definition) is 5. The van der Waals surface area contributed by atoms with Crippen LogP contribution in [0.15, 0.2) is 34.2 Å². The standard InChI is InChI=1S/C21H33FN4O3S.HI/c1-2-23-21(24-10-14-30(27,28)20-6-4-3-5-19(20)22)25-18-7-11-26(12-8-18)15-17-9-13-29-16-17;/h3-6,17-18H,2,7-16H2,1H3,(H2,23,24,25);1H. The zero-order valence-corrected chi connectivity index (χ0v) is 21.2. The smallest absolute Gasteiger partial charge is 0.191 e. The van der Waals surface area contributed by atoms with E-state index in [-0.39, 0.29) is 41.2 Å². The van der Waals surface area contributed by atoms with Crippen molar-refractivity contribution >= 4 is 39.8 Å². The van der Waals surface area contributed by atoms with Crippen molar-refractivity contribution in [2.24, 2.45) is 10.9 Å². The van der Waals surface area contributed by atoms with Crippen LogP contribution < -0.4 is 10.6 Å². The van der Waals surface area contributed by atoms with Crippen LogP contribution in [0.1, 0.15) is 26.2 Å². The van der Waals surface area contributed by atoms with Gasteiger partial charge in [-0.1, -0.05) is 12.1 Å². The highest BCUT2D eigenvalue weighted by Gasteiger charge is 2.24. The Hall–Kier alpha value is -0.980. The number of nitrogens with zero attached hydrogens (tertiary/aromatic N) is 2. The summed E-state index contributed by atoms with van der Waals surface area (Å²) in [6, 6.07) is 5.77. The Bertz CT molecular complexity index is 811. The number of sulfone groups is 1. The molecule has 0 bridgehead atoms. The van der Waals surface area contributed by atoms with E-state index in [1.54, 1.807) is 0 Å². The summed E-state index contributed by atoms with van der Waals surface area (Å²) in [6.07, 6.45) is 3.20. The van der Waals surface area contributed by atoms with Crippen LogP contribution in [0, 0.1) is 11.7 Å². The fourth-order valence-corrected chi connectivity index (χ4v) is 5.15. The zero-order chi connectivity index (χ0) is 21.4. The molecule has 0 radical (unpaired) electrons. The third-order valence-corrected chi connectivity index (χ3v) is 7.34. The second-order valence-corrected chi connectivity index (χ2v) is 10.0. The molecule has 2 aliphatic heterocycles. The summed E-state index contributed by atoms with van der Waals surface area (Å²) in [7, 11) is -3.71. The lowest BCUT2D eigenvalue weighted by molar-refractivity contribution is 0.150. The minimum atomic E-state index is -3.71. The topological polar surface area (TPSA) is 83.0 Å². The molecule has 2 saturated heterocycles. The molecule has 2 heterocycles. The number of aliphatic imine (C=N–C) groups is 1. The van der Waals surface area contributed by atoms with Gasteiger partial charge >= 0.3 is 0 Å². The normalized spacial score (nSPS) is 21.0. The molecular formula is C21H34FIN4O3S. The largest absolute Gasteiger partial charge is 0.381 e. The first kappa shape index (κ1) is 26.3. The molecule has 0 aliphatic carbocycles. The summed E-state index contributed by atoms with van der Waals surface area (Å²) in [6.45, 7) is 7.68. The summed E-state index contributed by atoms with van der Waals surface area (Å²) in [4.78, 5) is 6.65. The van der Waals surface area contributed by atoms with Crippen LogP contribution in [0.5, 0.6) is 0 Å². The van der Waals surface area contributed by atoms with E-state index in [0.717, 1.165) is 58.2 Å². The molecule has 3 rings (SSSR count). The van der Waals surface area contributed by atoms with Gasteiger partial charge in [-0.15, -0.1) is 24.0 Å². The van der Waals surface area contributed by atoms with Crippen LogP contribution in [0.25, 0.3) is 0 Å². The van der Waals surface area contributed by atoms with Crippen molar-refractivity contribution in [3.05, 3.63) is 30.1 Å². The predicted octanol–water partition coefficient (Wildman–Crippen LogP) is 2.27. The van der Waals surface area contributed by atoms with Crippen LogP contribution in [-0.4, -0.2) is 77.0 Å². The van der Waals surface area contributed by atoms with Crippen LogP contribution >= 0.6 is 24.0 Å². The lowest BCUT2D eigenvalue weighted by atomic mass is 10.0. The molecule has 1 unspecified atom stereocenters. The van der Waals surface area contributed by atoms with Gasteiger partial charge in [0, 0.05) is 38.8 Å². The fourth-order valence-electron chi connectivity index (χ4n) is 3.95. The van der Waals surface area contributed by atoms with E-state index in [9.17, 15) is 12.8 Å². The van der Waals surface area contributed by atoms with Gasteiger partial charge in [0.2, 0.25) is 0 Å². The summed E-state index contributed by atoms with van der Waals surface area (Å²) in [5.74, 6) is 0.322. The SMILES string of the molecule is CCNC(=NCCS(=O)(=O)c1ccccc1F)NC1CCN(CC2CCOC2)CC1.I. The van der Waals surface area contributed by atoms with Crippen LogP contribution in [0.4, 0.5) is 4.39 Å². The molecule has 1 aromatic carbocycles. The first-order chi connectivity index (χ1) is 14.5. The van der Waals surface area contributed by atoms with Crippen LogP contribution in [-0.2, 0) is 14.6 Å². The van der Waals surface area contributed by atoms with Gasteiger partial charge in [0.1, 0.15) is 10.7 Å². The Morgan fingerprint density at radius 2 is 2.00 bits per heavy atom. The summed E-state index contributed by atoms with van der Waals surface area (Å²) in [5.41, 5.74) is 0. The molecule has 1 aromatic rings. The van der Waals surface area contributed by atoms with Gasteiger partial charge in [-0.2, -0.15) is 0 Å². The van der Waals surface area contributed by atoms with E-state index < -0.39 is 15.7 Å². The lowest BCUT2D eigenvalue weighted by Gasteiger charge is -2.34. The molecule has 176 valence electrons. The van der Waals surface area contributed by atoms with E-state index in [4.69, 9.17) is 4.74 Å². The monoisotopic (exact) mass is 568 g/mol. The van der Waals surface area contributed by atoms with Gasteiger partial charge in [-0.3, -0.25) is 4.99 Å². The number of likely N-dealkylation sites (tertiary alicyclic amines) is 1. The molecule has 31 heavy (non-hydrogen) atoms. The maximum atomic E-state index is 13.8. The molecule has 2 N–H and O–H groups in total. The van der Waals surface area contributed by atoms with Gasteiger partial charge in [0.25, 0.3) is 0 Å². The van der Waals surface area contributed by atoms with Crippen molar-refractivity contribution in [1.82, 2.24) is 15.5 Å². The van der Waals surface area contributed by atoms with Gasteiger partial charge in [-0.25, -0.2) is 12.8 Å². The van der Waals surface area contributed by atoms with Gasteiger partial charge in [0.15, 0.2) is 15.8 Å². The summed E-state index contributed by atoms with van der Waals surface area (Å²) < 4.78 is 44.1. The Morgan fingerprint density at radius 3 is 2.65 bits per heavy atom. The fraction of sp³-hybridized carbons (Fsp3) is 0.667. The molecule has 0 aromatic heterocycles. The molecule has 1 atom stereocenters. The number of guanidine groups is 1. The molecule has 2 fully saturated rings. The number of rotatable bonds is 8. The van der Waals surface area contributed by atoms with E-state index in [1.165, 1.54) is 18.2 Å². The Morgan fingerprint density at radius 1 is 1.26 bits per heavy atom. The second-order valence-electron chi connectivity index (χ2n) is 7.96. The number of benzene rings is 1. The van der Waals surface area contributed by atoms with Gasteiger partial charge in [0.05, 0.1) is 18.9 Å². The Kier molecular flexibility index (Phi) is 10.9. The number of piperidine rings is 1. The Labute approximate surface area is 202 Å². The minimum absolute atomic E-state index is 0. The molecular weight excluding hydrogens is 534 g/mol. The molecule has 0 amide bonds. The van der Waals surface area contributed by atoms with Crippen molar-refractivity contribution in [2.45, 2.75) is 37.1 Å². The van der Waals surface area contributed by atoms with Crippen molar-refractivity contribution < 1.29 is 17.5 Å². The third-order valence-electron chi connectivity index (χ3n) is 5.61. The quantitative estimate of drug-likeness (QED) is 0.285. The molecule has 0 saturated carbocycles. The van der Waals surface area contributed by atoms with Gasteiger partial charge in [-0.05, 0) is 44.2 Å². The van der Waals surface area contributed by atoms with Gasteiger partial charge < -0.3 is 20.3 Å². The first-order valence-electron chi connectivity index (χ1n) is 10.8. The average Bonchev–Trinajstić information content (AvgIpc) is 3.23. The van der Waals surface area contributed by atoms with Crippen molar-refractivity contribution in [3.63, 3.8) is 0 Å². The summed E-state index contributed by atoms with van der Waals surface area (Å²) in [5, 5.41) is 6.60. The van der Waals surface area contributed by atoms with Crippen LogP contribution in [0.2, 0.25) is 0 Å². The highest BCUT2D eigenvalue weighted by atomic mass is 127. The third kappa shape index (κ3) is 8.14.